The first kappa shape index (κ1) is 17.7. The van der Waals surface area contributed by atoms with E-state index in [0.717, 1.165) is 16.3 Å². The van der Waals surface area contributed by atoms with E-state index in [4.69, 9.17) is 27.9 Å². The second-order valence-electron chi connectivity index (χ2n) is 5.25. The summed E-state index contributed by atoms with van der Waals surface area (Å²) in [5.74, 6) is 0.257. The summed E-state index contributed by atoms with van der Waals surface area (Å²) in [5, 5.41) is 6.37. The Morgan fingerprint density at radius 1 is 1.16 bits per heavy atom. The molecule has 2 aromatic carbocycles. The number of anilines is 1. The Balaban J connectivity index is 1.59. The maximum Gasteiger partial charge on any atom is 0.262 e. The van der Waals surface area contributed by atoms with Crippen molar-refractivity contribution in [2.45, 2.75) is 6.92 Å². The number of nitrogens with one attached hydrogen (secondary N) is 1. The zero-order chi connectivity index (χ0) is 17.8. The van der Waals surface area contributed by atoms with Crippen molar-refractivity contribution in [1.29, 1.82) is 0 Å². The lowest BCUT2D eigenvalue weighted by Gasteiger charge is -2.10. The normalized spacial score (nSPS) is 10.5. The van der Waals surface area contributed by atoms with Crippen LogP contribution >= 0.6 is 34.5 Å². The van der Waals surface area contributed by atoms with Gasteiger partial charge in [0, 0.05) is 16.6 Å². The highest BCUT2D eigenvalue weighted by molar-refractivity contribution is 7.13. The van der Waals surface area contributed by atoms with E-state index < -0.39 is 0 Å². The minimum atomic E-state index is -0.338. The number of thiazole rings is 1. The van der Waals surface area contributed by atoms with Gasteiger partial charge < -0.3 is 10.1 Å². The topological polar surface area (TPSA) is 51.2 Å². The Morgan fingerprint density at radius 3 is 2.44 bits per heavy atom. The Morgan fingerprint density at radius 2 is 1.84 bits per heavy atom. The van der Waals surface area contributed by atoms with Crippen molar-refractivity contribution in [1.82, 2.24) is 4.98 Å². The van der Waals surface area contributed by atoms with Crippen molar-refractivity contribution < 1.29 is 9.53 Å². The fourth-order valence-corrected chi connectivity index (χ4v) is 3.42. The molecule has 0 spiro atoms. The summed E-state index contributed by atoms with van der Waals surface area (Å²) in [6.07, 6.45) is 0. The highest BCUT2D eigenvalue weighted by Gasteiger charge is 2.10. The lowest BCUT2D eigenvalue weighted by atomic mass is 10.2. The molecule has 128 valence electrons. The average Bonchev–Trinajstić information content (AvgIpc) is 3.03. The molecule has 1 N–H and O–H groups in total. The van der Waals surface area contributed by atoms with E-state index in [9.17, 15) is 4.79 Å². The molecule has 0 bridgehead atoms. The van der Waals surface area contributed by atoms with Crippen molar-refractivity contribution in [2.24, 2.45) is 0 Å². The lowest BCUT2D eigenvalue weighted by Crippen LogP contribution is -2.20. The van der Waals surface area contributed by atoms with Gasteiger partial charge >= 0.3 is 0 Å². The van der Waals surface area contributed by atoms with Gasteiger partial charge in [0.15, 0.2) is 6.61 Å². The Hall–Kier alpha value is -2.08. The maximum atomic E-state index is 12.0. The maximum absolute atomic E-state index is 12.0. The first-order valence-electron chi connectivity index (χ1n) is 7.42. The summed E-state index contributed by atoms with van der Waals surface area (Å²) < 4.78 is 5.50. The monoisotopic (exact) mass is 392 g/mol. The first-order valence-corrected chi connectivity index (χ1v) is 9.06. The molecule has 0 unspecified atom stereocenters. The third-order valence-corrected chi connectivity index (χ3v) is 4.96. The van der Waals surface area contributed by atoms with Crippen molar-refractivity contribution >= 4 is 46.1 Å². The number of hydrogen-bond acceptors (Lipinski definition) is 4. The highest BCUT2D eigenvalue weighted by Crippen LogP contribution is 2.30. The zero-order valence-corrected chi connectivity index (χ0v) is 15.6. The Bertz CT molecular complexity index is 874. The summed E-state index contributed by atoms with van der Waals surface area (Å²) >= 11 is 13.6. The van der Waals surface area contributed by atoms with Gasteiger partial charge in [-0.05, 0) is 43.3 Å². The van der Waals surface area contributed by atoms with Crippen LogP contribution in [0.15, 0.2) is 47.8 Å². The van der Waals surface area contributed by atoms with Crippen LogP contribution in [-0.2, 0) is 4.79 Å². The molecule has 1 aromatic heterocycles. The third-order valence-electron chi connectivity index (χ3n) is 3.32. The van der Waals surface area contributed by atoms with Crippen LogP contribution < -0.4 is 10.1 Å². The molecular formula is C18H14Cl2N2O2S. The van der Waals surface area contributed by atoms with Gasteiger partial charge in [0.05, 0.1) is 15.7 Å². The molecule has 1 amide bonds. The number of halogens is 2. The molecule has 1 heterocycles. The second-order valence-corrected chi connectivity index (χ2v) is 6.92. The number of rotatable bonds is 5. The van der Waals surface area contributed by atoms with Crippen molar-refractivity contribution in [2.75, 3.05) is 11.9 Å². The highest BCUT2D eigenvalue weighted by atomic mass is 35.5. The first-order chi connectivity index (χ1) is 12.0. The van der Waals surface area contributed by atoms with Crippen LogP contribution in [0.25, 0.3) is 10.6 Å². The van der Waals surface area contributed by atoms with Gasteiger partial charge in [0.2, 0.25) is 0 Å². The van der Waals surface area contributed by atoms with E-state index in [2.05, 4.69) is 10.3 Å². The molecule has 0 aliphatic carbocycles. The van der Waals surface area contributed by atoms with E-state index in [-0.39, 0.29) is 12.5 Å². The number of amides is 1. The number of aromatic nitrogens is 1. The van der Waals surface area contributed by atoms with Crippen LogP contribution in [0.5, 0.6) is 5.75 Å². The number of hydrogen-bond donors (Lipinski definition) is 1. The number of para-hydroxylation sites is 1. The summed E-state index contributed by atoms with van der Waals surface area (Å²) in [4.78, 5) is 16.5. The van der Waals surface area contributed by atoms with E-state index in [1.165, 1.54) is 0 Å². The molecule has 0 radical (unpaired) electrons. The molecule has 0 aliphatic heterocycles. The molecular weight excluding hydrogens is 379 g/mol. The summed E-state index contributed by atoms with van der Waals surface area (Å²) in [6, 6.07) is 12.5. The van der Waals surface area contributed by atoms with Crippen LogP contribution in [-0.4, -0.2) is 17.5 Å². The van der Waals surface area contributed by atoms with Crippen molar-refractivity contribution in [3.8, 4) is 16.3 Å². The van der Waals surface area contributed by atoms with E-state index in [0.29, 0.717) is 21.5 Å². The zero-order valence-electron chi connectivity index (χ0n) is 13.3. The number of carbonyl (C=O) groups is 1. The number of carbonyl (C=O) groups excluding carboxylic acids is 1. The number of aryl methyl sites for hydroxylation is 1. The van der Waals surface area contributed by atoms with Crippen LogP contribution in [0, 0.1) is 6.92 Å². The Labute approximate surface area is 159 Å². The van der Waals surface area contributed by atoms with E-state index in [1.54, 1.807) is 29.5 Å². The molecule has 0 saturated heterocycles. The quantitative estimate of drug-likeness (QED) is 0.628. The van der Waals surface area contributed by atoms with Crippen LogP contribution in [0.1, 0.15) is 5.69 Å². The third kappa shape index (κ3) is 4.51. The molecule has 0 atom stereocenters. The van der Waals surface area contributed by atoms with Gasteiger partial charge in [0.25, 0.3) is 5.91 Å². The molecule has 4 nitrogen and oxygen atoms in total. The summed E-state index contributed by atoms with van der Waals surface area (Å²) in [7, 11) is 0. The van der Waals surface area contributed by atoms with Crippen LogP contribution in [0.2, 0.25) is 10.0 Å². The predicted octanol–water partition coefficient (Wildman–Crippen LogP) is 5.44. The summed E-state index contributed by atoms with van der Waals surface area (Å²) in [6.45, 7) is 1.82. The number of ether oxygens (including phenoxy) is 1. The van der Waals surface area contributed by atoms with Gasteiger partial charge in [-0.1, -0.05) is 29.3 Å². The molecule has 0 fully saturated rings. The number of nitrogens with zero attached hydrogens (tertiary/aromatic N) is 1. The second kappa shape index (κ2) is 7.87. The van der Waals surface area contributed by atoms with Gasteiger partial charge in [-0.15, -0.1) is 11.3 Å². The molecule has 3 rings (SSSR count). The van der Waals surface area contributed by atoms with E-state index in [1.807, 2.05) is 36.6 Å². The van der Waals surface area contributed by atoms with Crippen LogP contribution in [0.4, 0.5) is 5.69 Å². The largest absolute Gasteiger partial charge is 0.484 e. The van der Waals surface area contributed by atoms with Crippen molar-refractivity contribution in [3.05, 3.63) is 63.6 Å². The minimum absolute atomic E-state index is 0.142. The molecule has 0 aliphatic rings. The lowest BCUT2D eigenvalue weighted by molar-refractivity contribution is -0.118. The Kier molecular flexibility index (Phi) is 5.58. The molecule has 3 aromatic rings. The molecule has 25 heavy (non-hydrogen) atoms. The van der Waals surface area contributed by atoms with Gasteiger partial charge in [0.1, 0.15) is 10.8 Å². The fourth-order valence-electron chi connectivity index (χ4n) is 2.12. The fraction of sp³-hybridized carbons (Fsp3) is 0.111. The van der Waals surface area contributed by atoms with Gasteiger partial charge in [-0.2, -0.15) is 0 Å². The predicted molar refractivity (Wildman–Crippen MR) is 103 cm³/mol. The van der Waals surface area contributed by atoms with Gasteiger partial charge in [-0.25, -0.2) is 4.98 Å². The van der Waals surface area contributed by atoms with Crippen LogP contribution in [0.3, 0.4) is 0 Å². The van der Waals surface area contributed by atoms with Gasteiger partial charge in [-0.3, -0.25) is 4.79 Å². The molecule has 7 heteroatoms. The standard InChI is InChI=1S/C18H14Cl2N2O2S/c1-11-10-25-18(21-11)12-5-7-13(8-6-12)24-9-16(23)22-17-14(19)3-2-4-15(17)20/h2-8,10H,9H2,1H3,(H,22,23). The smallest absolute Gasteiger partial charge is 0.262 e. The van der Waals surface area contributed by atoms with E-state index >= 15 is 0 Å². The molecule has 0 saturated carbocycles. The SMILES string of the molecule is Cc1csc(-c2ccc(OCC(=O)Nc3c(Cl)cccc3Cl)cc2)n1. The minimum Gasteiger partial charge on any atom is -0.484 e. The number of benzene rings is 2. The van der Waals surface area contributed by atoms with Crippen molar-refractivity contribution in [3.63, 3.8) is 0 Å². The summed E-state index contributed by atoms with van der Waals surface area (Å²) in [5.41, 5.74) is 2.39. The average molecular weight is 393 g/mol.